The zero-order valence-electron chi connectivity index (χ0n) is 16.0. The van der Waals surface area contributed by atoms with Gasteiger partial charge in [-0.05, 0) is 38.8 Å². The van der Waals surface area contributed by atoms with Crippen molar-refractivity contribution in [2.75, 3.05) is 40.0 Å². The number of ether oxygens (including phenoxy) is 2. The van der Waals surface area contributed by atoms with E-state index in [-0.39, 0.29) is 30.4 Å². The molecule has 1 aliphatic heterocycles. The Kier molecular flexibility index (Phi) is 7.91. The monoisotopic (exact) mass is 362 g/mol. The highest BCUT2D eigenvalue weighted by Crippen LogP contribution is 2.20. The van der Waals surface area contributed by atoms with E-state index in [1.54, 1.807) is 9.80 Å². The summed E-state index contributed by atoms with van der Waals surface area (Å²) in [7, 11) is 1.84. The summed E-state index contributed by atoms with van der Waals surface area (Å²) >= 11 is 0. The van der Waals surface area contributed by atoms with Crippen LogP contribution in [0.3, 0.4) is 0 Å². The molecular formula is C20H30N2O4. The van der Waals surface area contributed by atoms with Crippen LogP contribution in [0.1, 0.15) is 26.7 Å². The number of piperidine rings is 1. The summed E-state index contributed by atoms with van der Waals surface area (Å²) in [5.74, 6) is 0.974. The number of amides is 2. The Labute approximate surface area is 156 Å². The number of likely N-dealkylation sites (tertiary alicyclic amines) is 1. The molecule has 1 aliphatic rings. The average molecular weight is 362 g/mol. The molecular weight excluding hydrogens is 332 g/mol. The molecule has 6 heteroatoms. The molecule has 144 valence electrons. The van der Waals surface area contributed by atoms with Crippen LogP contribution in [0.4, 0.5) is 0 Å². The van der Waals surface area contributed by atoms with Crippen LogP contribution in [-0.4, -0.2) is 67.6 Å². The van der Waals surface area contributed by atoms with Crippen LogP contribution in [0.5, 0.6) is 5.75 Å². The first-order chi connectivity index (χ1) is 12.5. The molecule has 0 aromatic heterocycles. The van der Waals surface area contributed by atoms with Crippen LogP contribution in [-0.2, 0) is 14.3 Å². The first-order valence-corrected chi connectivity index (χ1v) is 9.29. The number of rotatable bonds is 8. The third-order valence-corrected chi connectivity index (χ3v) is 4.78. The maximum Gasteiger partial charge on any atom is 0.248 e. The number of carbonyl (C=O) groups is 2. The highest BCUT2D eigenvalue weighted by Gasteiger charge is 2.29. The second-order valence-electron chi connectivity index (χ2n) is 6.91. The number of para-hydroxylation sites is 1. The van der Waals surface area contributed by atoms with Crippen LogP contribution in [0.25, 0.3) is 0 Å². The molecule has 0 atom stereocenters. The van der Waals surface area contributed by atoms with Gasteiger partial charge < -0.3 is 19.3 Å². The van der Waals surface area contributed by atoms with E-state index >= 15 is 0 Å². The summed E-state index contributed by atoms with van der Waals surface area (Å²) in [6.07, 6.45) is 1.44. The summed E-state index contributed by atoms with van der Waals surface area (Å²) in [5, 5.41) is 0. The number of carbonyl (C=O) groups excluding carboxylic acids is 2. The van der Waals surface area contributed by atoms with Gasteiger partial charge in [0.2, 0.25) is 11.8 Å². The first-order valence-electron chi connectivity index (χ1n) is 9.29. The Morgan fingerprint density at radius 2 is 1.81 bits per heavy atom. The van der Waals surface area contributed by atoms with E-state index in [4.69, 9.17) is 9.47 Å². The smallest absolute Gasteiger partial charge is 0.248 e. The molecule has 2 rings (SSSR count). The largest absolute Gasteiger partial charge is 0.491 e. The fraction of sp³-hybridized carbons (Fsp3) is 0.600. The van der Waals surface area contributed by atoms with E-state index in [9.17, 15) is 9.59 Å². The van der Waals surface area contributed by atoms with Gasteiger partial charge in [0, 0.05) is 32.1 Å². The number of nitrogens with zero attached hydrogens (tertiary/aromatic N) is 2. The lowest BCUT2D eigenvalue weighted by Gasteiger charge is -2.34. The number of hydrogen-bond donors (Lipinski definition) is 0. The van der Waals surface area contributed by atoms with Crippen molar-refractivity contribution < 1.29 is 19.1 Å². The van der Waals surface area contributed by atoms with Crippen molar-refractivity contribution in [1.82, 2.24) is 9.80 Å². The van der Waals surface area contributed by atoms with E-state index in [0.717, 1.165) is 18.6 Å². The van der Waals surface area contributed by atoms with Gasteiger partial charge in [-0.15, -0.1) is 0 Å². The van der Waals surface area contributed by atoms with Crippen molar-refractivity contribution in [2.24, 2.45) is 5.92 Å². The lowest BCUT2D eigenvalue weighted by Crippen LogP contribution is -2.45. The predicted molar refractivity (Wildman–Crippen MR) is 100.0 cm³/mol. The molecule has 0 saturated carbocycles. The van der Waals surface area contributed by atoms with Gasteiger partial charge in [0.1, 0.15) is 19.0 Å². The highest BCUT2D eigenvalue weighted by atomic mass is 16.5. The van der Waals surface area contributed by atoms with E-state index in [0.29, 0.717) is 26.3 Å². The van der Waals surface area contributed by atoms with E-state index in [1.165, 1.54) is 0 Å². The summed E-state index contributed by atoms with van der Waals surface area (Å²) in [6.45, 7) is 6.09. The lowest BCUT2D eigenvalue weighted by molar-refractivity contribution is -0.143. The van der Waals surface area contributed by atoms with Crippen LogP contribution in [0.15, 0.2) is 30.3 Å². The van der Waals surface area contributed by atoms with Crippen molar-refractivity contribution in [3.05, 3.63) is 30.3 Å². The molecule has 2 amide bonds. The molecule has 1 saturated heterocycles. The molecule has 0 bridgehead atoms. The van der Waals surface area contributed by atoms with Gasteiger partial charge in [0.25, 0.3) is 0 Å². The number of benzene rings is 1. The molecule has 0 spiro atoms. The van der Waals surface area contributed by atoms with Gasteiger partial charge in [-0.25, -0.2) is 0 Å². The van der Waals surface area contributed by atoms with Crippen molar-refractivity contribution in [1.29, 1.82) is 0 Å². The Morgan fingerprint density at radius 3 is 2.42 bits per heavy atom. The lowest BCUT2D eigenvalue weighted by atomic mass is 9.95. The fourth-order valence-electron chi connectivity index (χ4n) is 2.90. The first kappa shape index (κ1) is 20.2. The molecule has 0 N–H and O–H groups in total. The zero-order chi connectivity index (χ0) is 18.9. The topological polar surface area (TPSA) is 59.1 Å². The molecule has 0 aliphatic carbocycles. The Bertz CT molecular complexity index is 568. The maximum absolute atomic E-state index is 12.4. The minimum absolute atomic E-state index is 0.0200. The second kappa shape index (κ2) is 10.2. The standard InChI is InChI=1S/C20H30N2O4/c1-16(2)21(3)20(24)17-9-11-22(12-10-17)19(23)15-25-13-14-26-18-7-5-4-6-8-18/h4-8,16-17H,9-15H2,1-3H3. The minimum Gasteiger partial charge on any atom is -0.491 e. The van der Waals surface area contributed by atoms with Crippen molar-refractivity contribution >= 4 is 11.8 Å². The van der Waals surface area contributed by atoms with Crippen molar-refractivity contribution in [3.8, 4) is 5.75 Å². The third-order valence-electron chi connectivity index (χ3n) is 4.78. The zero-order valence-corrected chi connectivity index (χ0v) is 16.0. The van der Waals surface area contributed by atoms with Crippen molar-refractivity contribution in [3.63, 3.8) is 0 Å². The van der Waals surface area contributed by atoms with Crippen LogP contribution in [0, 0.1) is 5.92 Å². The van der Waals surface area contributed by atoms with Gasteiger partial charge in [-0.1, -0.05) is 18.2 Å². The van der Waals surface area contributed by atoms with Gasteiger partial charge in [0.15, 0.2) is 0 Å². The van der Waals surface area contributed by atoms with Crippen LogP contribution < -0.4 is 4.74 Å². The fourth-order valence-corrected chi connectivity index (χ4v) is 2.90. The van der Waals surface area contributed by atoms with E-state index in [1.807, 2.05) is 51.2 Å². The minimum atomic E-state index is -0.0205. The van der Waals surface area contributed by atoms with E-state index in [2.05, 4.69) is 0 Å². The Balaban J connectivity index is 1.61. The highest BCUT2D eigenvalue weighted by molar-refractivity contribution is 5.80. The molecule has 1 fully saturated rings. The SMILES string of the molecule is CC(C)N(C)C(=O)C1CCN(C(=O)COCCOc2ccccc2)CC1. The number of hydrogen-bond acceptors (Lipinski definition) is 4. The summed E-state index contributed by atoms with van der Waals surface area (Å²) in [6, 6.07) is 9.72. The second-order valence-corrected chi connectivity index (χ2v) is 6.91. The quantitative estimate of drug-likeness (QED) is 0.665. The van der Waals surface area contributed by atoms with Crippen molar-refractivity contribution in [2.45, 2.75) is 32.7 Å². The predicted octanol–water partition coefficient (Wildman–Crippen LogP) is 2.19. The van der Waals surface area contributed by atoms with Crippen LogP contribution >= 0.6 is 0 Å². The Hall–Kier alpha value is -2.08. The molecule has 0 unspecified atom stereocenters. The molecule has 26 heavy (non-hydrogen) atoms. The molecule has 0 radical (unpaired) electrons. The van der Waals surface area contributed by atoms with Gasteiger partial charge >= 0.3 is 0 Å². The maximum atomic E-state index is 12.4. The van der Waals surface area contributed by atoms with Crippen LogP contribution in [0.2, 0.25) is 0 Å². The molecule has 6 nitrogen and oxygen atoms in total. The van der Waals surface area contributed by atoms with E-state index < -0.39 is 0 Å². The average Bonchev–Trinajstić information content (AvgIpc) is 2.67. The van der Waals surface area contributed by atoms with Gasteiger partial charge in [0.05, 0.1) is 6.61 Å². The Morgan fingerprint density at radius 1 is 1.15 bits per heavy atom. The third kappa shape index (κ3) is 6.02. The summed E-state index contributed by atoms with van der Waals surface area (Å²) < 4.78 is 10.9. The molecule has 1 aromatic carbocycles. The summed E-state index contributed by atoms with van der Waals surface area (Å²) in [5.41, 5.74) is 0. The summed E-state index contributed by atoms with van der Waals surface area (Å²) in [4.78, 5) is 28.2. The molecule has 1 aromatic rings. The van der Waals surface area contributed by atoms with Gasteiger partial charge in [-0.3, -0.25) is 9.59 Å². The van der Waals surface area contributed by atoms with Gasteiger partial charge in [-0.2, -0.15) is 0 Å². The normalized spacial score (nSPS) is 15.2. The molecule has 1 heterocycles.